The van der Waals surface area contributed by atoms with E-state index in [9.17, 15) is 14.4 Å². The van der Waals surface area contributed by atoms with Crippen molar-refractivity contribution in [1.29, 1.82) is 0 Å². The second kappa shape index (κ2) is 16.7. The number of benzene rings is 1. The molecule has 1 rings (SSSR count). The smallest absolute Gasteiger partial charge is 0.305 e. The zero-order chi connectivity index (χ0) is 24.5. The molecular formula is C26H38N2O5. The van der Waals surface area contributed by atoms with Gasteiger partial charge in [-0.05, 0) is 44.6 Å². The molecule has 33 heavy (non-hydrogen) atoms. The molecule has 0 aliphatic carbocycles. The quantitative estimate of drug-likeness (QED) is 0.189. The maximum absolute atomic E-state index is 13.0. The second-order valence-corrected chi connectivity index (χ2v) is 8.19. The van der Waals surface area contributed by atoms with Crippen LogP contribution < -0.4 is 10.6 Å². The molecule has 2 amide bonds. The summed E-state index contributed by atoms with van der Waals surface area (Å²) >= 11 is 0. The Morgan fingerprint density at radius 2 is 1.82 bits per heavy atom. The van der Waals surface area contributed by atoms with Crippen molar-refractivity contribution in [2.45, 2.75) is 64.0 Å². The van der Waals surface area contributed by atoms with Gasteiger partial charge in [0.25, 0.3) is 0 Å². The Balaban J connectivity index is 2.76. The van der Waals surface area contributed by atoms with Crippen LogP contribution in [0.3, 0.4) is 0 Å². The molecule has 0 heterocycles. The molecule has 0 aliphatic rings. The largest absolute Gasteiger partial charge is 0.463 e. The molecule has 1 aromatic carbocycles. The van der Waals surface area contributed by atoms with E-state index in [1.807, 2.05) is 36.4 Å². The van der Waals surface area contributed by atoms with Crippen LogP contribution in [0.1, 0.15) is 51.0 Å². The molecule has 0 aromatic heterocycles. The maximum atomic E-state index is 13.0. The average molecular weight is 459 g/mol. The molecule has 0 bridgehead atoms. The highest BCUT2D eigenvalue weighted by molar-refractivity contribution is 5.86. The number of aliphatic hydroxyl groups is 1. The van der Waals surface area contributed by atoms with Crippen molar-refractivity contribution < 1.29 is 24.2 Å². The molecule has 1 aromatic rings. The number of ether oxygens (including phenoxy) is 1. The van der Waals surface area contributed by atoms with Crippen LogP contribution in [0.25, 0.3) is 0 Å². The first-order valence-electron chi connectivity index (χ1n) is 11.5. The number of hydrogen-bond donors (Lipinski definition) is 3. The lowest BCUT2D eigenvalue weighted by molar-refractivity contribution is -0.145. The minimum absolute atomic E-state index is 0.0245. The summed E-state index contributed by atoms with van der Waals surface area (Å²) in [7, 11) is 0. The Bertz CT molecular complexity index is 750. The summed E-state index contributed by atoms with van der Waals surface area (Å²) in [6, 6.07) is 8.81. The van der Waals surface area contributed by atoms with E-state index < -0.39 is 12.0 Å². The van der Waals surface area contributed by atoms with E-state index >= 15 is 0 Å². The number of amides is 2. The van der Waals surface area contributed by atoms with E-state index in [-0.39, 0.29) is 43.5 Å². The van der Waals surface area contributed by atoms with Crippen LogP contribution in [0.4, 0.5) is 0 Å². The van der Waals surface area contributed by atoms with Crippen LogP contribution in [-0.2, 0) is 25.5 Å². The minimum Gasteiger partial charge on any atom is -0.463 e. The van der Waals surface area contributed by atoms with Crippen LogP contribution in [0.5, 0.6) is 0 Å². The number of allylic oxidation sites excluding steroid dienone is 2. The summed E-state index contributed by atoms with van der Waals surface area (Å²) in [6.07, 6.45) is 7.00. The van der Waals surface area contributed by atoms with Gasteiger partial charge in [0.2, 0.25) is 11.8 Å². The Morgan fingerprint density at radius 3 is 2.45 bits per heavy atom. The number of carbonyl (C=O) groups is 3. The van der Waals surface area contributed by atoms with E-state index in [0.717, 1.165) is 24.8 Å². The minimum atomic E-state index is -0.610. The van der Waals surface area contributed by atoms with Crippen molar-refractivity contribution in [3.8, 4) is 0 Å². The fourth-order valence-electron chi connectivity index (χ4n) is 3.28. The Hall–Kier alpha value is -2.93. The molecule has 0 unspecified atom stereocenters. The summed E-state index contributed by atoms with van der Waals surface area (Å²) in [5.41, 5.74) is 1.000. The van der Waals surface area contributed by atoms with Gasteiger partial charge in [0.15, 0.2) is 0 Å². The second-order valence-electron chi connectivity index (χ2n) is 8.19. The molecule has 7 heteroatoms. The topological polar surface area (TPSA) is 105 Å². The number of esters is 1. The van der Waals surface area contributed by atoms with E-state index in [2.05, 4.69) is 23.8 Å². The fourth-order valence-corrected chi connectivity index (χ4v) is 3.28. The highest BCUT2D eigenvalue weighted by Gasteiger charge is 2.24. The Morgan fingerprint density at radius 1 is 1.09 bits per heavy atom. The molecule has 0 fully saturated rings. The van der Waals surface area contributed by atoms with E-state index in [1.165, 1.54) is 0 Å². The molecule has 7 nitrogen and oxygen atoms in total. The average Bonchev–Trinajstić information content (AvgIpc) is 2.80. The normalized spacial score (nSPS) is 13.3. The Labute approximate surface area is 197 Å². The van der Waals surface area contributed by atoms with Gasteiger partial charge >= 0.3 is 5.97 Å². The Kier molecular flexibility index (Phi) is 14.2. The molecule has 182 valence electrons. The van der Waals surface area contributed by atoms with Gasteiger partial charge in [0.1, 0.15) is 6.61 Å². The van der Waals surface area contributed by atoms with E-state index in [4.69, 9.17) is 9.84 Å². The van der Waals surface area contributed by atoms with Gasteiger partial charge in [0, 0.05) is 18.9 Å². The zero-order valence-electron chi connectivity index (χ0n) is 19.6. The first-order valence-corrected chi connectivity index (χ1v) is 11.5. The lowest BCUT2D eigenvalue weighted by Crippen LogP contribution is -2.45. The molecule has 0 spiro atoms. The fraction of sp³-hybridized carbons (Fsp3) is 0.500. The van der Waals surface area contributed by atoms with Crippen molar-refractivity contribution in [3.05, 3.63) is 61.2 Å². The number of nitrogens with one attached hydrogen (secondary N) is 2. The monoisotopic (exact) mass is 458 g/mol. The summed E-state index contributed by atoms with van der Waals surface area (Å²) in [6.45, 7) is 8.91. The summed E-state index contributed by atoms with van der Waals surface area (Å²) in [4.78, 5) is 37.3. The van der Waals surface area contributed by atoms with Gasteiger partial charge in [0.05, 0.1) is 18.6 Å². The van der Waals surface area contributed by atoms with Gasteiger partial charge < -0.3 is 20.5 Å². The molecule has 0 saturated carbocycles. The standard InChI is InChI=1S/C26H38N2O5/c1-4-6-7-11-15-25(31)33-19-23(16-21-13-9-8-10-14-21)28-26(32)22(12-5-2)17-24(30)27-20(3)18-29/h4-5,8-10,13-14,20,22-23,29H,1-2,6-7,11-12,15-19H2,3H3,(H,27,30)(H,28,32)/t20-,22+,23-/m0/s1. The predicted octanol–water partition coefficient (Wildman–Crippen LogP) is 3.08. The van der Waals surface area contributed by atoms with Crippen LogP contribution in [0.2, 0.25) is 0 Å². The summed E-state index contributed by atoms with van der Waals surface area (Å²) in [5.74, 6) is -1.53. The van der Waals surface area contributed by atoms with Crippen molar-refractivity contribution in [3.63, 3.8) is 0 Å². The molecular weight excluding hydrogens is 420 g/mol. The van der Waals surface area contributed by atoms with E-state index in [0.29, 0.717) is 19.3 Å². The van der Waals surface area contributed by atoms with Gasteiger partial charge in [-0.15, -0.1) is 13.2 Å². The number of unbranched alkanes of at least 4 members (excludes halogenated alkanes) is 2. The molecule has 0 saturated heterocycles. The molecule has 3 N–H and O–H groups in total. The summed E-state index contributed by atoms with van der Waals surface area (Å²) in [5, 5.41) is 14.7. The zero-order valence-corrected chi connectivity index (χ0v) is 19.6. The van der Waals surface area contributed by atoms with Gasteiger partial charge in [-0.3, -0.25) is 14.4 Å². The maximum Gasteiger partial charge on any atom is 0.305 e. The highest BCUT2D eigenvalue weighted by atomic mass is 16.5. The van der Waals surface area contributed by atoms with Crippen LogP contribution in [0.15, 0.2) is 55.6 Å². The molecule has 0 radical (unpaired) electrons. The van der Waals surface area contributed by atoms with Gasteiger partial charge in [-0.1, -0.05) is 42.5 Å². The number of rotatable bonds is 17. The van der Waals surface area contributed by atoms with Crippen molar-refractivity contribution in [2.75, 3.05) is 13.2 Å². The van der Waals surface area contributed by atoms with Crippen molar-refractivity contribution in [1.82, 2.24) is 10.6 Å². The number of hydrogen-bond acceptors (Lipinski definition) is 5. The van der Waals surface area contributed by atoms with Crippen LogP contribution in [0, 0.1) is 5.92 Å². The lowest BCUT2D eigenvalue weighted by Gasteiger charge is -2.23. The van der Waals surface area contributed by atoms with Gasteiger partial charge in [-0.2, -0.15) is 0 Å². The summed E-state index contributed by atoms with van der Waals surface area (Å²) < 4.78 is 5.44. The first kappa shape index (κ1) is 28.1. The number of carbonyl (C=O) groups excluding carboxylic acids is 3. The molecule has 3 atom stereocenters. The lowest BCUT2D eigenvalue weighted by atomic mass is 9.98. The molecule has 0 aliphatic heterocycles. The van der Waals surface area contributed by atoms with Crippen LogP contribution >= 0.6 is 0 Å². The first-order chi connectivity index (χ1) is 15.9. The third-order valence-corrected chi connectivity index (χ3v) is 5.09. The van der Waals surface area contributed by atoms with Crippen LogP contribution in [-0.4, -0.2) is 48.2 Å². The third-order valence-electron chi connectivity index (χ3n) is 5.09. The van der Waals surface area contributed by atoms with Crippen molar-refractivity contribution in [2.24, 2.45) is 5.92 Å². The SMILES string of the molecule is C=CCCCCC(=O)OC[C@H](Cc1ccccc1)NC(=O)[C@H](CC=C)CC(=O)N[C@@H](C)CO. The highest BCUT2D eigenvalue weighted by Crippen LogP contribution is 2.12. The van der Waals surface area contributed by atoms with Crippen molar-refractivity contribution >= 4 is 17.8 Å². The number of aliphatic hydroxyl groups excluding tert-OH is 1. The third kappa shape index (κ3) is 12.6. The predicted molar refractivity (Wildman–Crippen MR) is 129 cm³/mol. The van der Waals surface area contributed by atoms with Gasteiger partial charge in [-0.25, -0.2) is 0 Å². The van der Waals surface area contributed by atoms with E-state index in [1.54, 1.807) is 13.0 Å².